The van der Waals surface area contributed by atoms with Crippen LogP contribution in [0.4, 0.5) is 0 Å². The van der Waals surface area contributed by atoms with Gasteiger partial charge in [-0.15, -0.1) is 0 Å². The Hall–Kier alpha value is -1.06. The van der Waals surface area contributed by atoms with Crippen LogP contribution in [0.2, 0.25) is 0 Å². The first-order valence-electron chi connectivity index (χ1n) is 6.23. The minimum atomic E-state index is 0.759. The molecule has 0 aliphatic heterocycles. The molecule has 94 valence electrons. The van der Waals surface area contributed by atoms with Gasteiger partial charge in [-0.2, -0.15) is 0 Å². The largest absolute Gasteiger partial charge is 0.496 e. The first kappa shape index (κ1) is 12.4. The molecule has 2 rings (SSSR count). The Labute approximate surface area is 104 Å². The molecule has 0 unspecified atom stereocenters. The average molecular weight is 234 g/mol. The third-order valence-corrected chi connectivity index (χ3v) is 3.00. The number of hydrogen-bond donors (Lipinski definition) is 1. The molecule has 0 heterocycles. The summed E-state index contributed by atoms with van der Waals surface area (Å²) in [5, 5.41) is 3.54. The van der Waals surface area contributed by atoms with Crippen LogP contribution < -0.4 is 10.1 Å². The van der Waals surface area contributed by atoms with E-state index < -0.39 is 0 Å². The summed E-state index contributed by atoms with van der Waals surface area (Å²) in [7, 11) is 5.89. The first-order valence-corrected chi connectivity index (χ1v) is 6.23. The summed E-state index contributed by atoms with van der Waals surface area (Å²) in [5.74, 6) is 0.980. The maximum absolute atomic E-state index is 5.39. The van der Waals surface area contributed by atoms with E-state index in [1.54, 1.807) is 7.11 Å². The van der Waals surface area contributed by atoms with E-state index in [2.05, 4.69) is 42.5 Å². The molecule has 1 aromatic carbocycles. The minimum absolute atomic E-state index is 0.759. The lowest BCUT2D eigenvalue weighted by atomic mass is 10.1. The molecule has 1 fully saturated rings. The van der Waals surface area contributed by atoms with Gasteiger partial charge in [0.2, 0.25) is 0 Å². The van der Waals surface area contributed by atoms with Crippen molar-refractivity contribution in [1.29, 1.82) is 0 Å². The number of benzene rings is 1. The lowest BCUT2D eigenvalue weighted by molar-refractivity contribution is 0.371. The monoisotopic (exact) mass is 234 g/mol. The van der Waals surface area contributed by atoms with Crippen LogP contribution in [-0.2, 0) is 13.1 Å². The summed E-state index contributed by atoms with van der Waals surface area (Å²) in [5.41, 5.74) is 2.60. The highest BCUT2D eigenvalue weighted by atomic mass is 16.5. The van der Waals surface area contributed by atoms with Gasteiger partial charge in [0, 0.05) is 24.7 Å². The van der Waals surface area contributed by atoms with Gasteiger partial charge in [0.25, 0.3) is 0 Å². The third kappa shape index (κ3) is 3.72. The van der Waals surface area contributed by atoms with E-state index in [0.29, 0.717) is 0 Å². The molecule has 0 saturated heterocycles. The number of ether oxygens (including phenoxy) is 1. The van der Waals surface area contributed by atoms with E-state index in [1.807, 2.05) is 0 Å². The molecule has 1 aromatic rings. The fourth-order valence-corrected chi connectivity index (χ4v) is 1.96. The Morgan fingerprint density at radius 1 is 1.35 bits per heavy atom. The first-order chi connectivity index (χ1) is 8.19. The Balaban J connectivity index is 2.05. The standard InChI is InChI=1S/C14H22N2O/c1-16(2)10-12-8-11(4-7-14(12)17-3)9-15-13-5-6-13/h4,7-8,13,15H,5-6,9-10H2,1-3H3. The van der Waals surface area contributed by atoms with E-state index >= 15 is 0 Å². The van der Waals surface area contributed by atoms with Gasteiger partial charge >= 0.3 is 0 Å². The third-order valence-electron chi connectivity index (χ3n) is 3.00. The van der Waals surface area contributed by atoms with E-state index in [0.717, 1.165) is 24.9 Å². The summed E-state index contributed by atoms with van der Waals surface area (Å²) in [6, 6.07) is 7.22. The highest BCUT2D eigenvalue weighted by molar-refractivity contribution is 5.37. The van der Waals surface area contributed by atoms with Crippen LogP contribution in [-0.4, -0.2) is 32.1 Å². The molecular formula is C14H22N2O. The fourth-order valence-electron chi connectivity index (χ4n) is 1.96. The SMILES string of the molecule is COc1ccc(CNC2CC2)cc1CN(C)C. The molecule has 0 radical (unpaired) electrons. The number of nitrogens with one attached hydrogen (secondary N) is 1. The predicted molar refractivity (Wildman–Crippen MR) is 70.2 cm³/mol. The highest BCUT2D eigenvalue weighted by Crippen LogP contribution is 2.23. The van der Waals surface area contributed by atoms with Crippen molar-refractivity contribution in [2.24, 2.45) is 0 Å². The Morgan fingerprint density at radius 3 is 2.71 bits per heavy atom. The maximum Gasteiger partial charge on any atom is 0.123 e. The van der Waals surface area contributed by atoms with E-state index in [-0.39, 0.29) is 0 Å². The van der Waals surface area contributed by atoms with E-state index in [9.17, 15) is 0 Å². The quantitative estimate of drug-likeness (QED) is 0.815. The van der Waals surface area contributed by atoms with Crippen LogP contribution >= 0.6 is 0 Å². The molecule has 0 aromatic heterocycles. The van der Waals surface area contributed by atoms with Crippen molar-refractivity contribution in [2.75, 3.05) is 21.2 Å². The second-order valence-corrected chi connectivity index (χ2v) is 5.04. The van der Waals surface area contributed by atoms with Crippen LogP contribution in [0.5, 0.6) is 5.75 Å². The maximum atomic E-state index is 5.39. The molecule has 0 amide bonds. The second kappa shape index (κ2) is 5.52. The fraction of sp³-hybridized carbons (Fsp3) is 0.571. The number of hydrogen-bond acceptors (Lipinski definition) is 3. The van der Waals surface area contributed by atoms with Crippen molar-refractivity contribution in [2.45, 2.75) is 32.0 Å². The van der Waals surface area contributed by atoms with E-state index in [4.69, 9.17) is 4.74 Å². The Bertz CT molecular complexity index is 372. The van der Waals surface area contributed by atoms with Crippen LogP contribution in [0.15, 0.2) is 18.2 Å². The van der Waals surface area contributed by atoms with Gasteiger partial charge in [-0.3, -0.25) is 0 Å². The van der Waals surface area contributed by atoms with Crippen molar-refractivity contribution >= 4 is 0 Å². The van der Waals surface area contributed by atoms with Crippen molar-refractivity contribution in [3.63, 3.8) is 0 Å². The average Bonchev–Trinajstić information content (AvgIpc) is 3.09. The van der Waals surface area contributed by atoms with Gasteiger partial charge in [-0.05, 0) is 44.6 Å². The molecule has 17 heavy (non-hydrogen) atoms. The van der Waals surface area contributed by atoms with Gasteiger partial charge in [-0.1, -0.05) is 6.07 Å². The zero-order chi connectivity index (χ0) is 12.3. The number of methoxy groups -OCH3 is 1. The summed E-state index contributed by atoms with van der Waals surface area (Å²) in [6.45, 7) is 1.88. The minimum Gasteiger partial charge on any atom is -0.496 e. The molecular weight excluding hydrogens is 212 g/mol. The van der Waals surface area contributed by atoms with Crippen molar-refractivity contribution < 1.29 is 4.74 Å². The molecule has 1 aliphatic carbocycles. The number of rotatable bonds is 6. The van der Waals surface area contributed by atoms with Crippen molar-refractivity contribution in [3.8, 4) is 5.75 Å². The van der Waals surface area contributed by atoms with Gasteiger partial charge in [0.1, 0.15) is 5.75 Å². The van der Waals surface area contributed by atoms with Crippen molar-refractivity contribution in [3.05, 3.63) is 29.3 Å². The van der Waals surface area contributed by atoms with Crippen LogP contribution in [0, 0.1) is 0 Å². The van der Waals surface area contributed by atoms with Crippen molar-refractivity contribution in [1.82, 2.24) is 10.2 Å². The van der Waals surface area contributed by atoms with Gasteiger partial charge in [0.15, 0.2) is 0 Å². The predicted octanol–water partition coefficient (Wildman–Crippen LogP) is 2.01. The van der Waals surface area contributed by atoms with Crippen LogP contribution in [0.3, 0.4) is 0 Å². The second-order valence-electron chi connectivity index (χ2n) is 5.04. The highest BCUT2D eigenvalue weighted by Gasteiger charge is 2.20. The zero-order valence-corrected chi connectivity index (χ0v) is 11.0. The van der Waals surface area contributed by atoms with Crippen LogP contribution in [0.1, 0.15) is 24.0 Å². The topological polar surface area (TPSA) is 24.5 Å². The van der Waals surface area contributed by atoms with Gasteiger partial charge in [-0.25, -0.2) is 0 Å². The molecule has 0 atom stereocenters. The molecule has 1 saturated carbocycles. The van der Waals surface area contributed by atoms with Crippen LogP contribution in [0.25, 0.3) is 0 Å². The molecule has 1 aliphatic rings. The molecule has 0 bridgehead atoms. The molecule has 1 N–H and O–H groups in total. The summed E-state index contributed by atoms with van der Waals surface area (Å²) >= 11 is 0. The molecule has 0 spiro atoms. The molecule has 3 nitrogen and oxygen atoms in total. The van der Waals surface area contributed by atoms with Gasteiger partial charge in [0.05, 0.1) is 7.11 Å². The van der Waals surface area contributed by atoms with E-state index in [1.165, 1.54) is 24.0 Å². The summed E-state index contributed by atoms with van der Waals surface area (Å²) < 4.78 is 5.39. The Kier molecular flexibility index (Phi) is 4.02. The Morgan fingerprint density at radius 2 is 2.12 bits per heavy atom. The molecule has 3 heteroatoms. The lowest BCUT2D eigenvalue weighted by Gasteiger charge is -2.15. The smallest absolute Gasteiger partial charge is 0.123 e. The zero-order valence-electron chi connectivity index (χ0n) is 11.0. The summed E-state index contributed by atoms with van der Waals surface area (Å²) in [6.07, 6.45) is 2.67. The normalized spacial score (nSPS) is 15.3. The van der Waals surface area contributed by atoms with Gasteiger partial charge < -0.3 is 15.0 Å². The summed E-state index contributed by atoms with van der Waals surface area (Å²) in [4.78, 5) is 2.16. The lowest BCUT2D eigenvalue weighted by Crippen LogP contribution is -2.16. The number of nitrogens with zero attached hydrogens (tertiary/aromatic N) is 1.